The summed E-state index contributed by atoms with van der Waals surface area (Å²) in [7, 11) is 0. The summed E-state index contributed by atoms with van der Waals surface area (Å²) in [4.78, 5) is 42.3. The van der Waals surface area contributed by atoms with E-state index < -0.39 is 23.8 Å². The third-order valence-corrected chi connectivity index (χ3v) is 3.70. The van der Waals surface area contributed by atoms with Crippen LogP contribution in [0.25, 0.3) is 11.1 Å². The molecule has 2 rings (SSSR count). The van der Waals surface area contributed by atoms with Crippen molar-refractivity contribution < 1.29 is 18.4 Å². The van der Waals surface area contributed by atoms with Gasteiger partial charge in [0.2, 0.25) is 0 Å². The normalized spacial score (nSPS) is 10.7. The minimum Gasteiger partial charge on any atom is -0.313 e. The highest BCUT2D eigenvalue weighted by Gasteiger charge is 2.21. The van der Waals surface area contributed by atoms with E-state index in [2.05, 4.69) is 5.16 Å². The maximum absolute atomic E-state index is 13.1. The quantitative estimate of drug-likeness (QED) is 0.497. The summed E-state index contributed by atoms with van der Waals surface area (Å²) >= 11 is 5.97. The fourth-order valence-electron chi connectivity index (χ4n) is 2.25. The van der Waals surface area contributed by atoms with E-state index in [0.29, 0.717) is 5.71 Å². The molecule has 7 nitrogen and oxygen atoms in total. The number of aromatic amines is 1. The average Bonchev–Trinajstić information content (AvgIpc) is 2.53. The Bertz CT molecular complexity index is 1010. The first-order valence-corrected chi connectivity index (χ1v) is 7.67. The number of alkyl halides is 2. The molecule has 26 heavy (non-hydrogen) atoms. The predicted octanol–water partition coefficient (Wildman–Crippen LogP) is 3.11. The number of carbonyl (C=O) groups is 1. The molecule has 0 radical (unpaired) electrons. The summed E-state index contributed by atoms with van der Waals surface area (Å²) in [6.45, 7) is 1.29. The largest absolute Gasteiger partial charge is 0.367 e. The molecule has 2 aromatic rings. The molecule has 1 N–H and O–H groups in total. The Morgan fingerprint density at radius 3 is 2.54 bits per heavy atom. The van der Waals surface area contributed by atoms with Gasteiger partial charge < -0.3 is 4.84 Å². The Balaban J connectivity index is 2.65. The second-order valence-corrected chi connectivity index (χ2v) is 5.89. The van der Waals surface area contributed by atoms with Gasteiger partial charge in [0.15, 0.2) is 0 Å². The first-order valence-electron chi connectivity index (χ1n) is 7.29. The van der Waals surface area contributed by atoms with Crippen LogP contribution in [0.2, 0.25) is 5.02 Å². The van der Waals surface area contributed by atoms with Crippen LogP contribution in [-0.4, -0.2) is 21.2 Å². The molecule has 1 aromatic carbocycles. The monoisotopic (exact) mass is 385 g/mol. The number of rotatable bonds is 4. The van der Waals surface area contributed by atoms with Gasteiger partial charge in [-0.1, -0.05) is 22.8 Å². The summed E-state index contributed by atoms with van der Waals surface area (Å²) < 4.78 is 26.3. The standard InChI is InChI=1S/C16H14ClF2N3O4/c1-7(2)21-26-14(24)10-6-9(4-5-11(10)17)12-8(3)22(15(18)19)16(25)20-13(12)23/h4-6,15H,1-3H3,(H,20,23,25). The molecule has 0 atom stereocenters. The Morgan fingerprint density at radius 2 is 1.96 bits per heavy atom. The van der Waals surface area contributed by atoms with Gasteiger partial charge in [-0.3, -0.25) is 9.78 Å². The molecular formula is C16H14ClF2N3O4. The number of aromatic nitrogens is 2. The lowest BCUT2D eigenvalue weighted by Crippen LogP contribution is -2.33. The van der Waals surface area contributed by atoms with E-state index in [1.807, 2.05) is 4.98 Å². The van der Waals surface area contributed by atoms with Crippen molar-refractivity contribution in [3.63, 3.8) is 0 Å². The SMILES string of the molecule is CC(C)=NOC(=O)c1cc(-c2c(C)n(C(F)F)c(=O)[nH]c2=O)ccc1Cl. The van der Waals surface area contributed by atoms with Gasteiger partial charge in [-0.05, 0) is 38.5 Å². The highest BCUT2D eigenvalue weighted by Crippen LogP contribution is 2.26. The molecule has 0 aliphatic carbocycles. The van der Waals surface area contributed by atoms with E-state index in [1.54, 1.807) is 13.8 Å². The van der Waals surface area contributed by atoms with Crippen molar-refractivity contribution >= 4 is 23.3 Å². The van der Waals surface area contributed by atoms with Gasteiger partial charge in [0, 0.05) is 5.69 Å². The fourth-order valence-corrected chi connectivity index (χ4v) is 2.45. The Labute approximate surface area is 150 Å². The number of hydrogen-bond acceptors (Lipinski definition) is 5. The number of H-pyrrole nitrogens is 1. The van der Waals surface area contributed by atoms with Crippen LogP contribution in [0, 0.1) is 6.92 Å². The lowest BCUT2D eigenvalue weighted by Gasteiger charge is -2.13. The molecule has 0 saturated carbocycles. The van der Waals surface area contributed by atoms with Gasteiger partial charge in [-0.15, -0.1) is 0 Å². The van der Waals surface area contributed by atoms with Crippen LogP contribution in [0.3, 0.4) is 0 Å². The molecule has 0 amide bonds. The van der Waals surface area contributed by atoms with Crippen LogP contribution in [0.1, 0.15) is 36.4 Å². The average molecular weight is 386 g/mol. The third-order valence-electron chi connectivity index (χ3n) is 3.37. The lowest BCUT2D eigenvalue weighted by molar-refractivity contribution is 0.0515. The Kier molecular flexibility index (Phi) is 5.71. The van der Waals surface area contributed by atoms with Crippen LogP contribution >= 0.6 is 11.6 Å². The second kappa shape index (κ2) is 7.61. The number of nitrogens with zero attached hydrogens (tertiary/aromatic N) is 2. The lowest BCUT2D eigenvalue weighted by atomic mass is 10.0. The molecule has 0 aliphatic rings. The van der Waals surface area contributed by atoms with Crippen LogP contribution < -0.4 is 11.2 Å². The topological polar surface area (TPSA) is 93.5 Å². The molecule has 0 aliphatic heterocycles. The maximum atomic E-state index is 13.1. The van der Waals surface area contributed by atoms with Crippen LogP contribution in [0.5, 0.6) is 0 Å². The van der Waals surface area contributed by atoms with E-state index >= 15 is 0 Å². The van der Waals surface area contributed by atoms with Gasteiger partial charge >= 0.3 is 18.2 Å². The molecule has 0 bridgehead atoms. The molecule has 1 aromatic heterocycles. The van der Waals surface area contributed by atoms with Gasteiger partial charge in [-0.2, -0.15) is 8.78 Å². The van der Waals surface area contributed by atoms with Crippen molar-refractivity contribution in [3.8, 4) is 11.1 Å². The van der Waals surface area contributed by atoms with E-state index in [0.717, 1.165) is 0 Å². The fraction of sp³-hybridized carbons (Fsp3) is 0.250. The van der Waals surface area contributed by atoms with Crippen molar-refractivity contribution in [2.24, 2.45) is 5.16 Å². The number of benzene rings is 1. The molecule has 0 fully saturated rings. The molecule has 1 heterocycles. The van der Waals surface area contributed by atoms with Crippen molar-refractivity contribution in [1.82, 2.24) is 9.55 Å². The van der Waals surface area contributed by atoms with Crippen molar-refractivity contribution in [2.45, 2.75) is 27.3 Å². The second-order valence-electron chi connectivity index (χ2n) is 5.48. The summed E-state index contributed by atoms with van der Waals surface area (Å²) in [5.41, 5.74) is -2.04. The number of hydrogen-bond donors (Lipinski definition) is 1. The van der Waals surface area contributed by atoms with Gasteiger partial charge in [0.1, 0.15) is 0 Å². The van der Waals surface area contributed by atoms with Gasteiger partial charge in [0.25, 0.3) is 5.56 Å². The summed E-state index contributed by atoms with van der Waals surface area (Å²) in [6.07, 6.45) is 0. The van der Waals surface area contributed by atoms with Crippen LogP contribution in [0.15, 0.2) is 32.9 Å². The van der Waals surface area contributed by atoms with Crippen LogP contribution in [-0.2, 0) is 4.84 Å². The zero-order valence-corrected chi connectivity index (χ0v) is 14.7. The van der Waals surface area contributed by atoms with E-state index in [4.69, 9.17) is 16.4 Å². The van der Waals surface area contributed by atoms with Crippen molar-refractivity contribution in [1.29, 1.82) is 0 Å². The first kappa shape index (κ1) is 19.5. The molecule has 0 unspecified atom stereocenters. The predicted molar refractivity (Wildman–Crippen MR) is 92.0 cm³/mol. The van der Waals surface area contributed by atoms with E-state index in [-0.39, 0.29) is 32.0 Å². The summed E-state index contributed by atoms with van der Waals surface area (Å²) in [5.74, 6) is -0.880. The molecular weight excluding hydrogens is 372 g/mol. The third kappa shape index (κ3) is 3.88. The number of nitrogens with one attached hydrogen (secondary N) is 1. The van der Waals surface area contributed by atoms with Gasteiger partial charge in [-0.25, -0.2) is 14.2 Å². The van der Waals surface area contributed by atoms with E-state index in [9.17, 15) is 23.2 Å². The van der Waals surface area contributed by atoms with Crippen LogP contribution in [0.4, 0.5) is 8.78 Å². The zero-order valence-electron chi connectivity index (χ0n) is 14.0. The maximum Gasteiger partial charge on any atom is 0.367 e. The highest BCUT2D eigenvalue weighted by molar-refractivity contribution is 6.33. The molecule has 138 valence electrons. The highest BCUT2D eigenvalue weighted by atomic mass is 35.5. The van der Waals surface area contributed by atoms with E-state index in [1.165, 1.54) is 25.1 Å². The molecule has 0 saturated heterocycles. The van der Waals surface area contributed by atoms with Gasteiger partial charge in [0.05, 0.1) is 21.9 Å². The van der Waals surface area contributed by atoms with Crippen molar-refractivity contribution in [2.75, 3.05) is 0 Å². The Hall–Kier alpha value is -2.81. The summed E-state index contributed by atoms with van der Waals surface area (Å²) in [5, 5.41) is 3.55. The number of oxime groups is 1. The summed E-state index contributed by atoms with van der Waals surface area (Å²) in [6, 6.07) is 3.89. The smallest absolute Gasteiger partial charge is 0.313 e. The Morgan fingerprint density at radius 1 is 1.31 bits per heavy atom. The number of halogens is 3. The molecule has 0 spiro atoms. The minimum atomic E-state index is -3.14. The first-order chi connectivity index (χ1) is 12.1. The van der Waals surface area contributed by atoms with Crippen molar-refractivity contribution in [3.05, 3.63) is 55.3 Å². The minimum absolute atomic E-state index is 0.0268. The zero-order chi connectivity index (χ0) is 19.6. The number of carbonyl (C=O) groups excluding carboxylic acids is 1. The molecule has 10 heteroatoms.